The van der Waals surface area contributed by atoms with Gasteiger partial charge < -0.3 is 20.3 Å². The van der Waals surface area contributed by atoms with Crippen LogP contribution in [-0.2, 0) is 9.53 Å². The summed E-state index contributed by atoms with van der Waals surface area (Å²) in [6.07, 6.45) is 2.27. The summed E-state index contributed by atoms with van der Waals surface area (Å²) < 4.78 is 5.55. The highest BCUT2D eigenvalue weighted by molar-refractivity contribution is 14.0. The SMILES string of the molecule is CN=C(NCC(=O)NC(C)(C)C)N1CCC2(CCOC2)C1.I. The molecule has 0 aromatic heterocycles. The number of likely N-dealkylation sites (tertiary alicyclic amines) is 1. The largest absolute Gasteiger partial charge is 0.381 e. The fraction of sp³-hybridized carbons (Fsp3) is 0.867. The minimum Gasteiger partial charge on any atom is -0.381 e. The van der Waals surface area contributed by atoms with Crippen LogP contribution >= 0.6 is 24.0 Å². The molecular weight excluding hydrogens is 395 g/mol. The van der Waals surface area contributed by atoms with E-state index in [1.807, 2.05) is 20.8 Å². The maximum Gasteiger partial charge on any atom is 0.239 e. The summed E-state index contributed by atoms with van der Waals surface area (Å²) in [5.41, 5.74) is 0.0897. The minimum absolute atomic E-state index is 0. The zero-order valence-corrected chi connectivity index (χ0v) is 16.4. The van der Waals surface area contributed by atoms with Crippen molar-refractivity contribution in [2.45, 2.75) is 39.2 Å². The molecule has 2 aliphatic rings. The number of hydrogen-bond acceptors (Lipinski definition) is 3. The van der Waals surface area contributed by atoms with Gasteiger partial charge in [0, 0.05) is 37.7 Å². The third kappa shape index (κ3) is 5.26. The van der Waals surface area contributed by atoms with Gasteiger partial charge in [-0.1, -0.05) is 0 Å². The van der Waals surface area contributed by atoms with Gasteiger partial charge in [0.15, 0.2) is 5.96 Å². The van der Waals surface area contributed by atoms with Crippen molar-refractivity contribution in [3.8, 4) is 0 Å². The Kier molecular flexibility index (Phi) is 6.91. The molecule has 1 unspecified atom stereocenters. The molecule has 1 spiro atoms. The lowest BCUT2D eigenvalue weighted by Gasteiger charge is -2.25. The Morgan fingerprint density at radius 2 is 2.09 bits per heavy atom. The monoisotopic (exact) mass is 424 g/mol. The Balaban J connectivity index is 0.00000242. The quantitative estimate of drug-likeness (QED) is 0.398. The molecule has 2 rings (SSSR count). The standard InChI is InChI=1S/C15H28N4O2.HI/c1-14(2,3)18-12(20)9-17-13(16-4)19-7-5-15(10-19)6-8-21-11-15;/h5-11H2,1-4H3,(H,16,17)(H,18,20);1H. The number of ether oxygens (including phenoxy) is 1. The molecule has 1 atom stereocenters. The van der Waals surface area contributed by atoms with Crippen molar-refractivity contribution in [3.05, 3.63) is 0 Å². The van der Waals surface area contributed by atoms with E-state index < -0.39 is 0 Å². The number of amides is 1. The third-order valence-electron chi connectivity index (χ3n) is 4.06. The van der Waals surface area contributed by atoms with Gasteiger partial charge in [-0.3, -0.25) is 9.79 Å². The van der Waals surface area contributed by atoms with Crippen molar-refractivity contribution in [2.24, 2.45) is 10.4 Å². The zero-order chi connectivity index (χ0) is 15.5. The van der Waals surface area contributed by atoms with Crippen LogP contribution in [-0.4, -0.2) is 62.2 Å². The second-order valence-corrected chi connectivity index (χ2v) is 7.17. The topological polar surface area (TPSA) is 66.0 Å². The van der Waals surface area contributed by atoms with E-state index >= 15 is 0 Å². The highest BCUT2D eigenvalue weighted by Crippen LogP contribution is 2.38. The van der Waals surface area contributed by atoms with Gasteiger partial charge in [-0.25, -0.2) is 0 Å². The summed E-state index contributed by atoms with van der Waals surface area (Å²) in [6.45, 7) is 9.85. The van der Waals surface area contributed by atoms with Gasteiger partial charge in [-0.05, 0) is 33.6 Å². The summed E-state index contributed by atoms with van der Waals surface area (Å²) in [5, 5.41) is 6.11. The minimum atomic E-state index is -0.207. The first kappa shape index (κ1) is 19.5. The lowest BCUT2D eigenvalue weighted by Crippen LogP contribution is -2.49. The van der Waals surface area contributed by atoms with E-state index in [2.05, 4.69) is 20.5 Å². The molecule has 7 heteroatoms. The van der Waals surface area contributed by atoms with Crippen molar-refractivity contribution in [1.29, 1.82) is 0 Å². The normalized spacial score (nSPS) is 25.3. The molecular formula is C15H29IN4O2. The van der Waals surface area contributed by atoms with Crippen LogP contribution in [0.1, 0.15) is 33.6 Å². The van der Waals surface area contributed by atoms with Crippen LogP contribution in [0.3, 0.4) is 0 Å². The van der Waals surface area contributed by atoms with Gasteiger partial charge in [-0.2, -0.15) is 0 Å². The highest BCUT2D eigenvalue weighted by Gasteiger charge is 2.42. The van der Waals surface area contributed by atoms with Gasteiger partial charge in [0.1, 0.15) is 0 Å². The van der Waals surface area contributed by atoms with Gasteiger partial charge in [0.25, 0.3) is 0 Å². The molecule has 0 aromatic rings. The van der Waals surface area contributed by atoms with Gasteiger partial charge in [0.05, 0.1) is 13.2 Å². The number of guanidine groups is 1. The third-order valence-corrected chi connectivity index (χ3v) is 4.06. The van der Waals surface area contributed by atoms with E-state index in [0.29, 0.717) is 5.41 Å². The number of nitrogens with one attached hydrogen (secondary N) is 2. The number of aliphatic imine (C=N–C) groups is 1. The molecule has 2 N–H and O–H groups in total. The molecule has 2 aliphatic heterocycles. The van der Waals surface area contributed by atoms with Crippen molar-refractivity contribution < 1.29 is 9.53 Å². The first-order valence-corrected chi connectivity index (χ1v) is 7.68. The van der Waals surface area contributed by atoms with Crippen LogP contribution in [0.5, 0.6) is 0 Å². The zero-order valence-electron chi connectivity index (χ0n) is 14.1. The van der Waals surface area contributed by atoms with Crippen molar-refractivity contribution in [1.82, 2.24) is 15.5 Å². The fourth-order valence-electron chi connectivity index (χ4n) is 3.04. The molecule has 0 radical (unpaired) electrons. The van der Waals surface area contributed by atoms with E-state index in [4.69, 9.17) is 4.74 Å². The lowest BCUT2D eigenvalue weighted by atomic mass is 9.87. The van der Waals surface area contributed by atoms with E-state index in [-0.39, 0.29) is 42.0 Å². The molecule has 2 heterocycles. The Bertz CT molecular complexity index is 414. The summed E-state index contributed by atoms with van der Waals surface area (Å²) in [7, 11) is 1.76. The number of carbonyl (C=O) groups excluding carboxylic acids is 1. The molecule has 1 amide bonds. The Morgan fingerprint density at radius 1 is 1.36 bits per heavy atom. The van der Waals surface area contributed by atoms with Gasteiger partial charge >= 0.3 is 0 Å². The molecule has 0 aliphatic carbocycles. The number of nitrogens with zero attached hydrogens (tertiary/aromatic N) is 2. The number of rotatable bonds is 2. The predicted molar refractivity (Wildman–Crippen MR) is 98.7 cm³/mol. The first-order chi connectivity index (χ1) is 9.84. The summed E-state index contributed by atoms with van der Waals surface area (Å²) >= 11 is 0. The summed E-state index contributed by atoms with van der Waals surface area (Å²) in [4.78, 5) is 18.4. The van der Waals surface area contributed by atoms with Crippen molar-refractivity contribution in [3.63, 3.8) is 0 Å². The van der Waals surface area contributed by atoms with Crippen molar-refractivity contribution >= 4 is 35.8 Å². The Labute approximate surface area is 150 Å². The number of carbonyl (C=O) groups is 1. The summed E-state index contributed by atoms with van der Waals surface area (Å²) in [5.74, 6) is 0.796. The molecule has 2 fully saturated rings. The molecule has 22 heavy (non-hydrogen) atoms. The second kappa shape index (κ2) is 7.81. The number of hydrogen-bond donors (Lipinski definition) is 2. The van der Waals surface area contributed by atoms with Crippen LogP contribution in [0.2, 0.25) is 0 Å². The average molecular weight is 424 g/mol. The number of halogens is 1. The van der Waals surface area contributed by atoms with Gasteiger partial charge in [0.2, 0.25) is 5.91 Å². The second-order valence-electron chi connectivity index (χ2n) is 7.17. The molecule has 0 saturated carbocycles. The molecule has 128 valence electrons. The summed E-state index contributed by atoms with van der Waals surface area (Å²) in [6, 6.07) is 0. The van der Waals surface area contributed by atoms with Crippen LogP contribution < -0.4 is 10.6 Å². The van der Waals surface area contributed by atoms with E-state index in [1.54, 1.807) is 7.05 Å². The molecule has 0 bridgehead atoms. The smallest absolute Gasteiger partial charge is 0.239 e. The molecule has 2 saturated heterocycles. The maximum absolute atomic E-state index is 11.9. The molecule has 6 nitrogen and oxygen atoms in total. The van der Waals surface area contributed by atoms with Crippen molar-refractivity contribution in [2.75, 3.05) is 39.9 Å². The van der Waals surface area contributed by atoms with Crippen LogP contribution in [0.15, 0.2) is 4.99 Å². The Hall–Kier alpha value is -0.570. The van der Waals surface area contributed by atoms with Crippen LogP contribution in [0.4, 0.5) is 0 Å². The molecule has 0 aromatic carbocycles. The highest BCUT2D eigenvalue weighted by atomic mass is 127. The maximum atomic E-state index is 11.9. The van der Waals surface area contributed by atoms with E-state index in [9.17, 15) is 4.79 Å². The fourth-order valence-corrected chi connectivity index (χ4v) is 3.04. The van der Waals surface area contributed by atoms with Gasteiger partial charge in [-0.15, -0.1) is 24.0 Å². The average Bonchev–Trinajstić information content (AvgIpc) is 2.99. The first-order valence-electron chi connectivity index (χ1n) is 7.68. The van der Waals surface area contributed by atoms with Crippen LogP contribution in [0, 0.1) is 5.41 Å². The van der Waals surface area contributed by atoms with Crippen LogP contribution in [0.25, 0.3) is 0 Å². The Morgan fingerprint density at radius 3 is 2.64 bits per heavy atom. The lowest BCUT2D eigenvalue weighted by molar-refractivity contribution is -0.121. The van der Waals surface area contributed by atoms with E-state index in [1.165, 1.54) is 0 Å². The van der Waals surface area contributed by atoms with E-state index in [0.717, 1.165) is 45.1 Å². The predicted octanol–water partition coefficient (Wildman–Crippen LogP) is 1.21.